The number of aromatic hydroxyl groups is 2. The van der Waals surface area contributed by atoms with Crippen LogP contribution in [0.4, 0.5) is 5.69 Å². The van der Waals surface area contributed by atoms with Crippen molar-refractivity contribution in [2.45, 2.75) is 31.9 Å². The maximum Gasteiger partial charge on any atom is 0.220 e. The SMILES string of the molecule is O=C(CCc1ccc(N2CC(O)NS2(O)O)c(O)c1)NCCCCOc1ccccc1O. The number of unbranched alkanes of at least 4 members (excludes halogenated alkanes) is 1. The number of nitrogens with one attached hydrogen (secondary N) is 2. The number of ether oxygens (including phenoxy) is 1. The van der Waals surface area contributed by atoms with E-state index < -0.39 is 17.2 Å². The number of benzene rings is 2. The van der Waals surface area contributed by atoms with Crippen LogP contribution >= 0.6 is 11.0 Å². The monoisotopic (exact) mass is 467 g/mol. The highest BCUT2D eigenvalue weighted by Gasteiger charge is 2.36. The summed E-state index contributed by atoms with van der Waals surface area (Å²) in [6, 6.07) is 11.4. The van der Waals surface area contributed by atoms with Gasteiger partial charge in [-0.25, -0.2) is 0 Å². The number of rotatable bonds is 10. The molecule has 0 spiro atoms. The van der Waals surface area contributed by atoms with Crippen LogP contribution in [0.2, 0.25) is 0 Å². The minimum atomic E-state index is -3.40. The molecule has 2 aromatic carbocycles. The summed E-state index contributed by atoms with van der Waals surface area (Å²) in [5.41, 5.74) is 0.912. The van der Waals surface area contributed by atoms with Crippen molar-refractivity contribution in [3.63, 3.8) is 0 Å². The van der Waals surface area contributed by atoms with E-state index in [1.165, 1.54) is 12.1 Å². The smallest absolute Gasteiger partial charge is 0.220 e. The molecule has 0 aliphatic carbocycles. The van der Waals surface area contributed by atoms with Crippen molar-refractivity contribution in [2.75, 3.05) is 24.0 Å². The summed E-state index contributed by atoms with van der Waals surface area (Å²) in [4.78, 5) is 12.1. The number of hydrogen-bond donors (Lipinski definition) is 7. The summed E-state index contributed by atoms with van der Waals surface area (Å²) < 4.78 is 28.8. The molecule has 3 rings (SSSR count). The third-order valence-corrected chi connectivity index (χ3v) is 6.45. The molecule has 1 aliphatic heterocycles. The maximum atomic E-state index is 12.1. The van der Waals surface area contributed by atoms with Gasteiger partial charge in [-0.3, -0.25) is 18.2 Å². The van der Waals surface area contributed by atoms with Gasteiger partial charge in [0.05, 0.1) is 13.2 Å². The Morgan fingerprint density at radius 3 is 2.62 bits per heavy atom. The molecule has 1 heterocycles. The number of phenolic OH excluding ortho intramolecular Hbond substituents is 2. The Hall–Kier alpha value is -2.70. The van der Waals surface area contributed by atoms with E-state index in [0.717, 1.165) is 22.7 Å². The quantitative estimate of drug-likeness (QED) is 0.261. The molecule has 176 valence electrons. The van der Waals surface area contributed by atoms with Crippen molar-refractivity contribution in [3.8, 4) is 17.2 Å². The molecule has 1 fully saturated rings. The van der Waals surface area contributed by atoms with Crippen LogP contribution in [0.15, 0.2) is 42.5 Å². The number of β-amino-alcohol motifs (C(OH)–C–C–N with tert-alkyl or cyclic N) is 1. The summed E-state index contributed by atoms with van der Waals surface area (Å²) in [6.45, 7) is 0.873. The van der Waals surface area contributed by atoms with E-state index in [1.54, 1.807) is 30.3 Å². The number of aliphatic hydroxyl groups is 1. The van der Waals surface area contributed by atoms with E-state index in [-0.39, 0.29) is 36.1 Å². The number of carbonyl (C=O) groups excluding carboxylic acids is 1. The van der Waals surface area contributed by atoms with E-state index in [2.05, 4.69) is 10.0 Å². The second kappa shape index (κ2) is 10.7. The third-order valence-electron chi connectivity index (χ3n) is 4.91. The fraction of sp³-hybridized carbons (Fsp3) is 0.381. The predicted molar refractivity (Wildman–Crippen MR) is 122 cm³/mol. The van der Waals surface area contributed by atoms with Gasteiger partial charge >= 0.3 is 0 Å². The lowest BCUT2D eigenvalue weighted by atomic mass is 10.1. The van der Waals surface area contributed by atoms with Crippen LogP contribution in [-0.2, 0) is 11.2 Å². The molecule has 1 saturated heterocycles. The zero-order valence-electron chi connectivity index (χ0n) is 17.5. The van der Waals surface area contributed by atoms with Gasteiger partial charge in [0.2, 0.25) is 5.91 Å². The van der Waals surface area contributed by atoms with Gasteiger partial charge in [0, 0.05) is 13.0 Å². The molecular formula is C21H29N3O7S. The van der Waals surface area contributed by atoms with Gasteiger partial charge in [-0.1, -0.05) is 29.2 Å². The van der Waals surface area contributed by atoms with Crippen LogP contribution in [0.3, 0.4) is 0 Å². The van der Waals surface area contributed by atoms with Crippen LogP contribution in [0, 0.1) is 0 Å². The number of amides is 1. The van der Waals surface area contributed by atoms with E-state index in [4.69, 9.17) is 4.74 Å². The molecule has 32 heavy (non-hydrogen) atoms. The Morgan fingerprint density at radius 1 is 1.16 bits per heavy atom. The Kier molecular flexibility index (Phi) is 8.04. The van der Waals surface area contributed by atoms with Crippen molar-refractivity contribution in [1.29, 1.82) is 0 Å². The molecule has 0 saturated carbocycles. The van der Waals surface area contributed by atoms with Gasteiger partial charge in [-0.2, -0.15) is 4.72 Å². The average molecular weight is 468 g/mol. The van der Waals surface area contributed by atoms with Gasteiger partial charge in [0.1, 0.15) is 17.7 Å². The number of aliphatic hydroxyl groups excluding tert-OH is 1. The summed E-state index contributed by atoms with van der Waals surface area (Å²) >= 11 is 0. The summed E-state index contributed by atoms with van der Waals surface area (Å²) in [7, 11) is -3.40. The third kappa shape index (κ3) is 6.40. The molecule has 7 N–H and O–H groups in total. The molecule has 0 aromatic heterocycles. The first-order chi connectivity index (χ1) is 15.3. The highest BCUT2D eigenvalue weighted by Crippen LogP contribution is 2.49. The number of carbonyl (C=O) groups is 1. The summed E-state index contributed by atoms with van der Waals surface area (Å²) in [5, 5.41) is 32.3. The lowest BCUT2D eigenvalue weighted by Crippen LogP contribution is -2.25. The number of para-hydroxylation sites is 2. The topological polar surface area (TPSA) is 155 Å². The molecule has 11 heteroatoms. The minimum Gasteiger partial charge on any atom is -0.506 e. The molecule has 2 aromatic rings. The first-order valence-electron chi connectivity index (χ1n) is 10.3. The molecule has 0 bridgehead atoms. The second-order valence-electron chi connectivity index (χ2n) is 7.41. The van der Waals surface area contributed by atoms with Gasteiger partial charge in [0.15, 0.2) is 11.5 Å². The van der Waals surface area contributed by atoms with Crippen LogP contribution in [0.5, 0.6) is 17.2 Å². The number of phenols is 2. The number of anilines is 1. The first-order valence-corrected chi connectivity index (χ1v) is 11.8. The number of aryl methyl sites for hydroxylation is 1. The lowest BCUT2D eigenvalue weighted by molar-refractivity contribution is -0.121. The van der Waals surface area contributed by atoms with Crippen molar-refractivity contribution >= 4 is 22.6 Å². The second-order valence-corrected chi connectivity index (χ2v) is 9.12. The molecule has 1 amide bonds. The van der Waals surface area contributed by atoms with Crippen LogP contribution in [0.1, 0.15) is 24.8 Å². The zero-order valence-corrected chi connectivity index (χ0v) is 18.3. The van der Waals surface area contributed by atoms with Crippen LogP contribution in [-0.4, -0.2) is 56.3 Å². The largest absolute Gasteiger partial charge is 0.506 e. The van der Waals surface area contributed by atoms with Crippen LogP contribution < -0.4 is 19.1 Å². The summed E-state index contributed by atoms with van der Waals surface area (Å²) in [6.07, 6.45) is 1.000. The fourth-order valence-corrected chi connectivity index (χ4v) is 4.62. The molecule has 10 nitrogen and oxygen atoms in total. The van der Waals surface area contributed by atoms with Crippen molar-refractivity contribution < 1.29 is 34.0 Å². The Bertz CT molecular complexity index is 928. The van der Waals surface area contributed by atoms with E-state index in [1.807, 2.05) is 0 Å². The van der Waals surface area contributed by atoms with E-state index in [0.29, 0.717) is 25.3 Å². The molecular weight excluding hydrogens is 438 g/mol. The molecule has 1 atom stereocenters. The zero-order chi connectivity index (χ0) is 23.1. The first kappa shape index (κ1) is 24.0. The minimum absolute atomic E-state index is 0.0742. The van der Waals surface area contributed by atoms with E-state index >= 15 is 0 Å². The van der Waals surface area contributed by atoms with Crippen molar-refractivity contribution in [3.05, 3.63) is 48.0 Å². The number of nitrogens with zero attached hydrogens (tertiary/aromatic N) is 1. The summed E-state index contributed by atoms with van der Waals surface area (Å²) in [5.74, 6) is 0.260. The van der Waals surface area contributed by atoms with Gasteiger partial charge in [-0.15, -0.1) is 0 Å². The van der Waals surface area contributed by atoms with Crippen LogP contribution in [0.25, 0.3) is 0 Å². The Morgan fingerprint density at radius 2 is 1.94 bits per heavy atom. The normalized spacial score (nSPS) is 18.3. The molecule has 1 unspecified atom stereocenters. The maximum absolute atomic E-state index is 12.1. The highest BCUT2D eigenvalue weighted by molar-refractivity contribution is 8.24. The van der Waals surface area contributed by atoms with Gasteiger partial charge < -0.3 is 25.4 Å². The predicted octanol–water partition coefficient (Wildman–Crippen LogP) is 2.31. The Labute approximate surface area is 188 Å². The van der Waals surface area contributed by atoms with Gasteiger partial charge in [0.25, 0.3) is 0 Å². The Balaban J connectivity index is 1.36. The van der Waals surface area contributed by atoms with Gasteiger partial charge in [-0.05, 0) is 49.1 Å². The molecule has 0 radical (unpaired) electrons. The number of hydrogen-bond acceptors (Lipinski definition) is 9. The van der Waals surface area contributed by atoms with Crippen molar-refractivity contribution in [2.24, 2.45) is 0 Å². The standard InChI is InChI=1S/C21H29N3O7S/c25-17-5-1-2-6-19(17)31-12-4-3-11-22-20(27)10-8-15-7-9-16(18(26)13-15)24-14-21(28)23-32(24,29)30/h1-2,5-7,9,13,21,23,25-26,28-30H,3-4,8,10-12,14H2,(H,22,27). The van der Waals surface area contributed by atoms with E-state index in [9.17, 15) is 29.2 Å². The fourth-order valence-electron chi connectivity index (χ4n) is 3.28. The average Bonchev–Trinajstić information content (AvgIpc) is 3.02. The lowest BCUT2D eigenvalue weighted by Gasteiger charge is -2.36. The van der Waals surface area contributed by atoms with Crippen molar-refractivity contribution in [1.82, 2.24) is 10.0 Å². The highest BCUT2D eigenvalue weighted by atomic mass is 32.3. The molecule has 1 aliphatic rings.